The molecular weight excluding hydrogens is 234 g/mol. The number of hydrogen-bond acceptors (Lipinski definition) is 2. The normalized spacial score (nSPS) is 47.7. The first-order valence-corrected chi connectivity index (χ1v) is 8.41. The van der Waals surface area contributed by atoms with Crippen LogP contribution in [0.25, 0.3) is 0 Å². The quantitative estimate of drug-likeness (QED) is 0.846. The van der Waals surface area contributed by atoms with E-state index >= 15 is 0 Å². The van der Waals surface area contributed by atoms with Crippen molar-refractivity contribution < 1.29 is 5.11 Å². The predicted molar refractivity (Wildman–Crippen MR) is 76.8 cm³/mol. The van der Waals surface area contributed by atoms with Crippen LogP contribution in [-0.2, 0) is 0 Å². The minimum absolute atomic E-state index is 0.387. The van der Waals surface area contributed by atoms with E-state index in [2.05, 4.69) is 18.7 Å². The highest BCUT2D eigenvalue weighted by atomic mass is 16.3. The molecular formula is C17H29NO. The summed E-state index contributed by atoms with van der Waals surface area (Å²) in [5.41, 5.74) is 0.259. The minimum atomic E-state index is -0.387. The van der Waals surface area contributed by atoms with Crippen molar-refractivity contribution >= 4 is 0 Å². The maximum absolute atomic E-state index is 10.4. The third kappa shape index (κ3) is 1.98. The Morgan fingerprint density at radius 1 is 1.00 bits per heavy atom. The van der Waals surface area contributed by atoms with Gasteiger partial charge in [0.2, 0.25) is 0 Å². The van der Waals surface area contributed by atoms with E-state index in [1.807, 2.05) is 0 Å². The third-order valence-electron chi connectivity index (χ3n) is 6.79. The molecule has 0 aromatic heterocycles. The molecule has 0 spiro atoms. The van der Waals surface area contributed by atoms with Gasteiger partial charge in [0.25, 0.3) is 0 Å². The Labute approximate surface area is 117 Å². The second-order valence-corrected chi connectivity index (χ2v) is 8.82. The molecule has 5 rings (SSSR count). The lowest BCUT2D eigenvalue weighted by Crippen LogP contribution is -2.67. The van der Waals surface area contributed by atoms with Crippen molar-refractivity contribution in [2.24, 2.45) is 29.1 Å². The average Bonchev–Trinajstić information content (AvgIpc) is 2.23. The molecule has 4 saturated carbocycles. The molecule has 0 aromatic rings. The zero-order valence-electron chi connectivity index (χ0n) is 12.6. The van der Waals surface area contributed by atoms with Crippen molar-refractivity contribution in [1.29, 1.82) is 0 Å². The maximum Gasteiger partial charge on any atom is 0.0922 e. The van der Waals surface area contributed by atoms with E-state index in [0.29, 0.717) is 11.3 Å². The van der Waals surface area contributed by atoms with E-state index in [0.717, 1.165) is 30.8 Å². The van der Waals surface area contributed by atoms with Crippen LogP contribution in [0.2, 0.25) is 0 Å². The molecule has 1 aliphatic heterocycles. The lowest BCUT2D eigenvalue weighted by molar-refractivity contribution is -0.156. The van der Waals surface area contributed by atoms with Crippen molar-refractivity contribution in [2.45, 2.75) is 58.0 Å². The molecule has 19 heavy (non-hydrogen) atoms. The van der Waals surface area contributed by atoms with Crippen LogP contribution in [0.15, 0.2) is 0 Å². The predicted octanol–water partition coefficient (Wildman–Crippen LogP) is 2.91. The van der Waals surface area contributed by atoms with E-state index in [9.17, 15) is 5.11 Å². The van der Waals surface area contributed by atoms with Crippen molar-refractivity contribution in [3.63, 3.8) is 0 Å². The van der Waals surface area contributed by atoms with Crippen molar-refractivity contribution in [3.8, 4) is 0 Å². The average molecular weight is 263 g/mol. The molecule has 4 aliphatic carbocycles. The van der Waals surface area contributed by atoms with Crippen LogP contribution in [0.1, 0.15) is 52.4 Å². The van der Waals surface area contributed by atoms with Gasteiger partial charge in [0.05, 0.1) is 5.60 Å². The summed E-state index contributed by atoms with van der Waals surface area (Å²) in [6.07, 6.45) is 9.10. The lowest BCUT2D eigenvalue weighted by Gasteiger charge is -2.60. The Morgan fingerprint density at radius 3 is 1.89 bits per heavy atom. The Balaban J connectivity index is 1.41. The van der Waals surface area contributed by atoms with Gasteiger partial charge >= 0.3 is 0 Å². The summed E-state index contributed by atoms with van der Waals surface area (Å²) >= 11 is 0. The van der Waals surface area contributed by atoms with Gasteiger partial charge in [0, 0.05) is 19.6 Å². The summed E-state index contributed by atoms with van der Waals surface area (Å²) in [6, 6.07) is 0. The molecule has 2 nitrogen and oxygen atoms in total. The van der Waals surface area contributed by atoms with Gasteiger partial charge in [-0.25, -0.2) is 0 Å². The van der Waals surface area contributed by atoms with Gasteiger partial charge in [-0.05, 0) is 67.6 Å². The Hall–Kier alpha value is -0.0800. The van der Waals surface area contributed by atoms with Crippen LogP contribution < -0.4 is 0 Å². The zero-order valence-corrected chi connectivity index (χ0v) is 12.6. The number of aliphatic hydroxyl groups is 1. The highest BCUT2D eigenvalue weighted by molar-refractivity contribution is 5.06. The maximum atomic E-state index is 10.4. The number of nitrogens with zero attached hydrogens (tertiary/aromatic N) is 1. The number of rotatable bonds is 3. The number of hydrogen-bond donors (Lipinski definition) is 1. The Bertz CT molecular complexity index is 334. The highest BCUT2D eigenvalue weighted by Gasteiger charge is 2.53. The fourth-order valence-corrected chi connectivity index (χ4v) is 6.16. The second-order valence-electron chi connectivity index (χ2n) is 8.82. The molecule has 0 amide bonds. The van der Waals surface area contributed by atoms with Crippen LogP contribution in [-0.4, -0.2) is 35.2 Å². The molecule has 0 atom stereocenters. The molecule has 1 N–H and O–H groups in total. The van der Waals surface area contributed by atoms with Gasteiger partial charge in [-0.1, -0.05) is 13.8 Å². The van der Waals surface area contributed by atoms with E-state index in [1.165, 1.54) is 45.1 Å². The lowest BCUT2D eigenvalue weighted by atomic mass is 9.49. The molecule has 108 valence electrons. The number of likely N-dealkylation sites (tertiary alicyclic amines) is 1. The third-order valence-corrected chi connectivity index (χ3v) is 6.79. The standard InChI is InChI=1S/C17H29NO/c1-12(2)17(19)10-18(11-17)9-16-6-13-3-14(7-16)5-15(4-13)8-16/h12-15,19H,3-11H2,1-2H3. The minimum Gasteiger partial charge on any atom is -0.387 e. The zero-order chi connectivity index (χ0) is 13.3. The van der Waals surface area contributed by atoms with Gasteiger partial charge in [-0.2, -0.15) is 0 Å². The second kappa shape index (κ2) is 3.98. The van der Waals surface area contributed by atoms with E-state index in [1.54, 1.807) is 0 Å². The van der Waals surface area contributed by atoms with Gasteiger partial charge in [0.1, 0.15) is 0 Å². The van der Waals surface area contributed by atoms with Crippen LogP contribution in [0.4, 0.5) is 0 Å². The smallest absolute Gasteiger partial charge is 0.0922 e. The molecule has 5 fully saturated rings. The monoisotopic (exact) mass is 263 g/mol. The van der Waals surface area contributed by atoms with Crippen LogP contribution in [0.5, 0.6) is 0 Å². The Kier molecular flexibility index (Phi) is 2.65. The van der Waals surface area contributed by atoms with Gasteiger partial charge in [0.15, 0.2) is 0 Å². The van der Waals surface area contributed by atoms with Crippen LogP contribution in [0, 0.1) is 29.1 Å². The van der Waals surface area contributed by atoms with E-state index < -0.39 is 0 Å². The molecule has 4 bridgehead atoms. The van der Waals surface area contributed by atoms with E-state index in [-0.39, 0.29) is 5.60 Å². The molecule has 0 aromatic carbocycles. The summed E-state index contributed by atoms with van der Waals surface area (Å²) < 4.78 is 0. The first-order chi connectivity index (χ1) is 8.96. The first kappa shape index (κ1) is 12.6. The summed E-state index contributed by atoms with van der Waals surface area (Å²) in [5.74, 6) is 3.56. The largest absolute Gasteiger partial charge is 0.387 e. The fourth-order valence-electron chi connectivity index (χ4n) is 6.16. The van der Waals surface area contributed by atoms with Crippen LogP contribution in [0.3, 0.4) is 0 Å². The van der Waals surface area contributed by atoms with Crippen LogP contribution >= 0.6 is 0 Å². The van der Waals surface area contributed by atoms with Gasteiger partial charge in [-0.15, -0.1) is 0 Å². The van der Waals surface area contributed by atoms with E-state index in [4.69, 9.17) is 0 Å². The van der Waals surface area contributed by atoms with Gasteiger partial charge < -0.3 is 5.11 Å². The SMILES string of the molecule is CC(C)C1(O)CN(CC23CC4CC(CC(C4)C2)C3)C1. The van der Waals surface area contributed by atoms with Gasteiger partial charge in [-0.3, -0.25) is 4.90 Å². The molecule has 5 aliphatic rings. The Morgan fingerprint density at radius 2 is 1.47 bits per heavy atom. The fraction of sp³-hybridized carbons (Fsp3) is 1.00. The molecule has 0 radical (unpaired) electrons. The number of β-amino-alcohol motifs (C(OH)–C–C–N with tert-alkyl or cyclic N) is 1. The molecule has 0 unspecified atom stereocenters. The topological polar surface area (TPSA) is 23.5 Å². The molecule has 2 heteroatoms. The molecule has 1 heterocycles. The summed E-state index contributed by atoms with van der Waals surface area (Å²) in [5, 5.41) is 10.4. The highest BCUT2D eigenvalue weighted by Crippen LogP contribution is 2.60. The van der Waals surface area contributed by atoms with Crippen molar-refractivity contribution in [2.75, 3.05) is 19.6 Å². The summed E-state index contributed by atoms with van der Waals surface area (Å²) in [7, 11) is 0. The summed E-state index contributed by atoms with van der Waals surface area (Å²) in [6.45, 7) is 7.44. The first-order valence-electron chi connectivity index (χ1n) is 8.41. The summed E-state index contributed by atoms with van der Waals surface area (Å²) in [4.78, 5) is 2.55. The van der Waals surface area contributed by atoms with Crippen molar-refractivity contribution in [3.05, 3.63) is 0 Å². The van der Waals surface area contributed by atoms with Crippen molar-refractivity contribution in [1.82, 2.24) is 4.90 Å². The molecule has 1 saturated heterocycles.